The topological polar surface area (TPSA) is 104 Å². The van der Waals surface area contributed by atoms with E-state index in [4.69, 9.17) is 27.9 Å². The average Bonchev–Trinajstić information content (AvgIpc) is 3.29. The smallest absolute Gasteiger partial charge is 0.349 e. The van der Waals surface area contributed by atoms with Crippen molar-refractivity contribution in [1.29, 1.82) is 5.26 Å². The molecule has 8 nitrogen and oxygen atoms in total. The number of halogens is 2. The number of nitrogens with zero attached hydrogens (tertiary/aromatic N) is 3. The highest BCUT2D eigenvalue weighted by atomic mass is 35.5. The number of aromatic nitrogens is 1. The van der Waals surface area contributed by atoms with Crippen molar-refractivity contribution in [2.75, 3.05) is 19.7 Å². The molecule has 1 aromatic heterocycles. The number of carbonyl (C=O) groups excluding carboxylic acids is 3. The van der Waals surface area contributed by atoms with Crippen molar-refractivity contribution in [2.24, 2.45) is 0 Å². The Morgan fingerprint density at radius 3 is 2.71 bits per heavy atom. The molecule has 2 aromatic rings. The monoisotopic (exact) mass is 460 g/mol. The van der Waals surface area contributed by atoms with Crippen molar-refractivity contribution in [3.8, 4) is 11.8 Å². The number of ether oxygens (including phenoxy) is 1. The van der Waals surface area contributed by atoms with Gasteiger partial charge in [0.2, 0.25) is 0 Å². The number of hydrogen-bond acceptors (Lipinski definition) is 5. The Hall–Kier alpha value is -3.28. The van der Waals surface area contributed by atoms with Crippen LogP contribution in [0, 0.1) is 25.2 Å². The summed E-state index contributed by atoms with van der Waals surface area (Å²) >= 11 is 12.5. The van der Waals surface area contributed by atoms with E-state index in [1.807, 2.05) is 18.4 Å². The number of esters is 1. The molecule has 1 aliphatic rings. The SMILES string of the molecule is Cc1cc(/C=C(\C#N)C(=O)OCC(=O)N2CCNC2=O)c(C)n1-c1cccc(Cl)c1Cl. The zero-order valence-corrected chi connectivity index (χ0v) is 18.3. The minimum atomic E-state index is -0.957. The summed E-state index contributed by atoms with van der Waals surface area (Å²) in [5.74, 6) is -1.62. The molecule has 0 bridgehead atoms. The van der Waals surface area contributed by atoms with Crippen LogP contribution in [-0.2, 0) is 14.3 Å². The van der Waals surface area contributed by atoms with Crippen LogP contribution in [0.15, 0.2) is 29.8 Å². The lowest BCUT2D eigenvalue weighted by Gasteiger charge is -2.12. The number of aryl methyl sites for hydroxylation is 1. The molecule has 1 aliphatic heterocycles. The Balaban J connectivity index is 1.82. The van der Waals surface area contributed by atoms with Gasteiger partial charge in [0, 0.05) is 24.5 Å². The number of benzene rings is 1. The second kappa shape index (κ2) is 9.25. The van der Waals surface area contributed by atoms with Crippen LogP contribution in [0.4, 0.5) is 4.79 Å². The van der Waals surface area contributed by atoms with Gasteiger partial charge in [-0.1, -0.05) is 29.3 Å². The summed E-state index contributed by atoms with van der Waals surface area (Å²) in [5, 5.41) is 12.7. The number of rotatable bonds is 5. The second-order valence-corrected chi connectivity index (χ2v) is 7.54. The molecule has 0 saturated carbocycles. The van der Waals surface area contributed by atoms with Gasteiger partial charge in [-0.05, 0) is 43.7 Å². The highest BCUT2D eigenvalue weighted by Gasteiger charge is 2.27. The van der Waals surface area contributed by atoms with E-state index >= 15 is 0 Å². The number of amides is 3. The second-order valence-electron chi connectivity index (χ2n) is 6.76. The van der Waals surface area contributed by atoms with Gasteiger partial charge in [-0.15, -0.1) is 0 Å². The van der Waals surface area contributed by atoms with Crippen LogP contribution in [0.25, 0.3) is 11.8 Å². The van der Waals surface area contributed by atoms with E-state index in [-0.39, 0.29) is 12.1 Å². The Labute approximate surface area is 188 Å². The van der Waals surface area contributed by atoms with Crippen LogP contribution in [0.5, 0.6) is 0 Å². The van der Waals surface area contributed by atoms with Gasteiger partial charge in [-0.25, -0.2) is 9.59 Å². The van der Waals surface area contributed by atoms with E-state index < -0.39 is 24.5 Å². The third-order valence-electron chi connectivity index (χ3n) is 4.77. The number of nitrogens with one attached hydrogen (secondary N) is 1. The summed E-state index contributed by atoms with van der Waals surface area (Å²) in [6.07, 6.45) is 1.38. The minimum Gasteiger partial charge on any atom is -0.451 e. The zero-order chi connectivity index (χ0) is 22.7. The molecular weight excluding hydrogens is 443 g/mol. The lowest BCUT2D eigenvalue weighted by molar-refractivity contribution is -0.146. The van der Waals surface area contributed by atoms with Gasteiger partial charge >= 0.3 is 12.0 Å². The third kappa shape index (κ3) is 4.58. The first kappa shape index (κ1) is 22.4. The fourth-order valence-electron chi connectivity index (χ4n) is 3.25. The molecule has 0 aliphatic carbocycles. The van der Waals surface area contributed by atoms with Gasteiger partial charge in [0.1, 0.15) is 11.6 Å². The first-order valence-electron chi connectivity index (χ1n) is 9.25. The maximum atomic E-state index is 12.3. The van der Waals surface area contributed by atoms with E-state index in [1.165, 1.54) is 6.08 Å². The maximum Gasteiger partial charge on any atom is 0.349 e. The fourth-order valence-corrected chi connectivity index (χ4v) is 3.63. The third-order valence-corrected chi connectivity index (χ3v) is 5.58. The van der Waals surface area contributed by atoms with E-state index in [2.05, 4.69) is 5.32 Å². The maximum absolute atomic E-state index is 12.3. The van der Waals surface area contributed by atoms with E-state index in [1.54, 1.807) is 30.3 Å². The number of carbonyl (C=O) groups is 3. The number of hydrogen-bond donors (Lipinski definition) is 1. The molecule has 1 N–H and O–H groups in total. The Morgan fingerprint density at radius 2 is 2.06 bits per heavy atom. The van der Waals surface area contributed by atoms with Crippen molar-refractivity contribution in [1.82, 2.24) is 14.8 Å². The molecule has 3 amide bonds. The molecule has 160 valence electrons. The van der Waals surface area contributed by atoms with Crippen LogP contribution < -0.4 is 5.32 Å². The first-order valence-corrected chi connectivity index (χ1v) is 10.0. The summed E-state index contributed by atoms with van der Waals surface area (Å²) in [6, 6.07) is 8.30. The average molecular weight is 461 g/mol. The lowest BCUT2D eigenvalue weighted by Crippen LogP contribution is -2.37. The van der Waals surface area contributed by atoms with Gasteiger partial charge in [-0.3, -0.25) is 9.69 Å². The van der Waals surface area contributed by atoms with Crippen molar-refractivity contribution in [3.05, 3.63) is 56.8 Å². The standard InChI is InChI=1S/C21H18Cl2N4O4/c1-12-8-14(13(2)27(12)17-5-3-4-16(22)19(17)23)9-15(10-24)20(29)31-11-18(28)26-7-6-25-21(26)30/h3-5,8-9H,6-7,11H2,1-2H3,(H,25,30)/b15-9+. The Bertz CT molecular complexity index is 1150. The van der Waals surface area contributed by atoms with Gasteiger partial charge in [0.25, 0.3) is 5.91 Å². The van der Waals surface area contributed by atoms with Crippen LogP contribution in [0.2, 0.25) is 10.0 Å². The minimum absolute atomic E-state index is 0.203. The molecule has 1 saturated heterocycles. The Morgan fingerprint density at radius 1 is 1.32 bits per heavy atom. The van der Waals surface area contributed by atoms with E-state index in [9.17, 15) is 19.6 Å². The van der Waals surface area contributed by atoms with Crippen molar-refractivity contribution in [2.45, 2.75) is 13.8 Å². The van der Waals surface area contributed by atoms with E-state index in [0.29, 0.717) is 27.8 Å². The molecule has 0 atom stereocenters. The van der Waals surface area contributed by atoms with Crippen LogP contribution in [0.3, 0.4) is 0 Å². The van der Waals surface area contributed by atoms with Crippen LogP contribution >= 0.6 is 23.2 Å². The molecule has 0 spiro atoms. The van der Waals surface area contributed by atoms with Crippen LogP contribution in [-0.4, -0.2) is 47.1 Å². The molecule has 10 heteroatoms. The number of imide groups is 1. The lowest BCUT2D eigenvalue weighted by atomic mass is 10.1. The normalized spacial score (nSPS) is 13.7. The molecule has 3 rings (SSSR count). The zero-order valence-electron chi connectivity index (χ0n) is 16.7. The summed E-state index contributed by atoms with van der Waals surface area (Å²) < 4.78 is 6.80. The van der Waals surface area contributed by atoms with Crippen molar-refractivity contribution in [3.63, 3.8) is 0 Å². The number of urea groups is 1. The van der Waals surface area contributed by atoms with Gasteiger partial charge in [0.05, 0.1) is 15.7 Å². The van der Waals surface area contributed by atoms with Gasteiger partial charge in [0.15, 0.2) is 6.61 Å². The largest absolute Gasteiger partial charge is 0.451 e. The number of nitriles is 1. The summed E-state index contributed by atoms with van der Waals surface area (Å²) in [7, 11) is 0. The van der Waals surface area contributed by atoms with Crippen molar-refractivity contribution >= 4 is 47.2 Å². The summed E-state index contributed by atoms with van der Waals surface area (Å²) in [6.45, 7) is 3.57. The molecule has 0 unspecified atom stereocenters. The summed E-state index contributed by atoms with van der Waals surface area (Å²) in [4.78, 5) is 36.8. The molecule has 1 aromatic carbocycles. The Kier molecular flexibility index (Phi) is 6.68. The van der Waals surface area contributed by atoms with Crippen molar-refractivity contribution < 1.29 is 19.1 Å². The summed E-state index contributed by atoms with van der Waals surface area (Å²) in [5.41, 5.74) is 2.53. The quantitative estimate of drug-likeness (QED) is 0.418. The molecular formula is C21H18Cl2N4O4. The van der Waals surface area contributed by atoms with E-state index in [0.717, 1.165) is 16.3 Å². The molecule has 0 radical (unpaired) electrons. The first-order chi connectivity index (χ1) is 14.7. The highest BCUT2D eigenvalue weighted by Crippen LogP contribution is 2.32. The molecule has 2 heterocycles. The molecule has 31 heavy (non-hydrogen) atoms. The van der Waals surface area contributed by atoms with Gasteiger partial charge in [-0.2, -0.15) is 5.26 Å². The fraction of sp³-hybridized carbons (Fsp3) is 0.238. The predicted molar refractivity (Wildman–Crippen MR) is 115 cm³/mol. The predicted octanol–water partition coefficient (Wildman–Crippen LogP) is 3.40. The molecule has 1 fully saturated rings. The van der Waals surface area contributed by atoms with Crippen LogP contribution in [0.1, 0.15) is 17.0 Å². The van der Waals surface area contributed by atoms with Gasteiger partial charge < -0.3 is 14.6 Å². The highest BCUT2D eigenvalue weighted by molar-refractivity contribution is 6.43.